The summed E-state index contributed by atoms with van der Waals surface area (Å²) in [6.45, 7) is 8.78. The minimum atomic E-state index is 0.790. The molecule has 0 heterocycles. The van der Waals surface area contributed by atoms with Gasteiger partial charge in [0.1, 0.15) is 0 Å². The fourth-order valence-corrected chi connectivity index (χ4v) is 1.41. The van der Waals surface area contributed by atoms with Gasteiger partial charge >= 0.3 is 0 Å². The normalized spacial score (nSPS) is 11.2. The summed E-state index contributed by atoms with van der Waals surface area (Å²) in [5.41, 5.74) is 0. The van der Waals surface area contributed by atoms with E-state index in [-0.39, 0.29) is 0 Å². The Morgan fingerprint density at radius 1 is 1.06 bits per heavy atom. The molecule has 0 rings (SSSR count). The van der Waals surface area contributed by atoms with Crippen molar-refractivity contribution in [1.82, 2.24) is 10.2 Å². The molecule has 0 bridgehead atoms. The first kappa shape index (κ1) is 15.8. The van der Waals surface area contributed by atoms with Gasteiger partial charge in [0.2, 0.25) is 0 Å². The number of unbranched alkanes of at least 4 members (excludes halogenated alkanes) is 1. The Morgan fingerprint density at radius 3 is 2.56 bits per heavy atom. The maximum Gasteiger partial charge on any atom is 0.0587 e. The molecule has 0 atom stereocenters. The molecule has 0 aromatic carbocycles. The smallest absolute Gasteiger partial charge is 0.0587 e. The van der Waals surface area contributed by atoms with Gasteiger partial charge in [-0.25, -0.2) is 0 Å². The predicted molar refractivity (Wildman–Crippen MR) is 68.0 cm³/mol. The molecule has 0 spiro atoms. The van der Waals surface area contributed by atoms with Crippen LogP contribution in [0.15, 0.2) is 0 Å². The highest BCUT2D eigenvalue weighted by atomic mass is 16.5. The minimum absolute atomic E-state index is 0.790. The number of rotatable bonds is 12. The van der Waals surface area contributed by atoms with E-state index in [2.05, 4.69) is 17.3 Å². The van der Waals surface area contributed by atoms with Gasteiger partial charge in [-0.1, -0.05) is 0 Å². The zero-order valence-electron chi connectivity index (χ0n) is 11.1. The van der Waals surface area contributed by atoms with Crippen LogP contribution in [0.2, 0.25) is 0 Å². The average molecular weight is 232 g/mol. The van der Waals surface area contributed by atoms with Gasteiger partial charge in [0.25, 0.3) is 0 Å². The van der Waals surface area contributed by atoms with Crippen LogP contribution in [-0.4, -0.2) is 65.1 Å². The van der Waals surface area contributed by atoms with Crippen molar-refractivity contribution in [2.24, 2.45) is 0 Å². The summed E-state index contributed by atoms with van der Waals surface area (Å²) >= 11 is 0. The standard InChI is InChI=1S/C12H28N2O2/c1-4-16-11-6-5-9-14(2)10-7-13-8-12-15-3/h13H,4-12H2,1-3H3. The van der Waals surface area contributed by atoms with Crippen LogP contribution in [0.25, 0.3) is 0 Å². The minimum Gasteiger partial charge on any atom is -0.383 e. The molecule has 0 saturated carbocycles. The van der Waals surface area contributed by atoms with Crippen molar-refractivity contribution in [2.45, 2.75) is 19.8 Å². The second kappa shape index (κ2) is 12.9. The Hall–Kier alpha value is -0.160. The number of hydrogen-bond acceptors (Lipinski definition) is 4. The lowest BCUT2D eigenvalue weighted by molar-refractivity contribution is 0.140. The molecule has 0 aliphatic rings. The van der Waals surface area contributed by atoms with Crippen LogP contribution in [0.5, 0.6) is 0 Å². The van der Waals surface area contributed by atoms with Gasteiger partial charge in [-0.2, -0.15) is 0 Å². The van der Waals surface area contributed by atoms with Crippen LogP contribution < -0.4 is 5.32 Å². The summed E-state index contributed by atoms with van der Waals surface area (Å²) in [5.74, 6) is 0. The van der Waals surface area contributed by atoms with Crippen molar-refractivity contribution < 1.29 is 9.47 Å². The third kappa shape index (κ3) is 11.9. The van der Waals surface area contributed by atoms with E-state index in [9.17, 15) is 0 Å². The number of nitrogens with zero attached hydrogens (tertiary/aromatic N) is 1. The van der Waals surface area contributed by atoms with Gasteiger partial charge in [0.15, 0.2) is 0 Å². The molecule has 4 heteroatoms. The first-order chi connectivity index (χ1) is 7.81. The Labute approximate surface area is 100 Å². The third-order valence-electron chi connectivity index (χ3n) is 2.44. The number of methoxy groups -OCH3 is 1. The van der Waals surface area contributed by atoms with Crippen LogP contribution >= 0.6 is 0 Å². The lowest BCUT2D eigenvalue weighted by atomic mass is 10.3. The van der Waals surface area contributed by atoms with Gasteiger partial charge in [0.05, 0.1) is 6.61 Å². The van der Waals surface area contributed by atoms with Crippen LogP contribution in [0.3, 0.4) is 0 Å². The third-order valence-corrected chi connectivity index (χ3v) is 2.44. The second-order valence-corrected chi connectivity index (χ2v) is 3.95. The van der Waals surface area contributed by atoms with Gasteiger partial charge in [0, 0.05) is 40.0 Å². The molecule has 0 aliphatic carbocycles. The van der Waals surface area contributed by atoms with E-state index in [0.29, 0.717) is 0 Å². The second-order valence-electron chi connectivity index (χ2n) is 3.95. The molecule has 16 heavy (non-hydrogen) atoms. The van der Waals surface area contributed by atoms with E-state index >= 15 is 0 Å². The first-order valence-electron chi connectivity index (χ1n) is 6.27. The summed E-state index contributed by atoms with van der Waals surface area (Å²) in [4.78, 5) is 2.35. The highest BCUT2D eigenvalue weighted by Gasteiger charge is 1.97. The number of likely N-dealkylation sites (N-methyl/N-ethyl adjacent to an activating group) is 1. The molecule has 0 unspecified atom stereocenters. The summed E-state index contributed by atoms with van der Waals surface area (Å²) in [6.07, 6.45) is 2.38. The zero-order valence-corrected chi connectivity index (χ0v) is 11.1. The summed E-state index contributed by atoms with van der Waals surface area (Å²) < 4.78 is 10.3. The number of nitrogens with one attached hydrogen (secondary N) is 1. The summed E-state index contributed by atoms with van der Waals surface area (Å²) in [6, 6.07) is 0. The zero-order chi connectivity index (χ0) is 12.1. The van der Waals surface area contributed by atoms with Crippen LogP contribution in [0.4, 0.5) is 0 Å². The molecule has 0 amide bonds. The van der Waals surface area contributed by atoms with Crippen molar-refractivity contribution in [3.8, 4) is 0 Å². The van der Waals surface area contributed by atoms with Crippen molar-refractivity contribution >= 4 is 0 Å². The van der Waals surface area contributed by atoms with E-state index in [4.69, 9.17) is 9.47 Å². The Bertz CT molecular complexity index is 120. The first-order valence-corrected chi connectivity index (χ1v) is 6.27. The van der Waals surface area contributed by atoms with Gasteiger partial charge in [-0.15, -0.1) is 0 Å². The van der Waals surface area contributed by atoms with Crippen molar-refractivity contribution in [3.63, 3.8) is 0 Å². The molecule has 0 aliphatic heterocycles. The van der Waals surface area contributed by atoms with E-state index in [1.54, 1.807) is 7.11 Å². The van der Waals surface area contributed by atoms with Crippen LogP contribution in [-0.2, 0) is 9.47 Å². The van der Waals surface area contributed by atoms with E-state index in [1.807, 2.05) is 6.92 Å². The Morgan fingerprint density at radius 2 is 1.88 bits per heavy atom. The van der Waals surface area contributed by atoms with Crippen molar-refractivity contribution in [1.29, 1.82) is 0 Å². The molecular formula is C12H28N2O2. The summed E-state index contributed by atoms with van der Waals surface area (Å²) in [7, 11) is 3.89. The molecule has 4 nitrogen and oxygen atoms in total. The molecule has 0 aromatic heterocycles. The van der Waals surface area contributed by atoms with Gasteiger partial charge in [-0.3, -0.25) is 0 Å². The largest absolute Gasteiger partial charge is 0.383 e. The SMILES string of the molecule is CCOCCCCN(C)CCNCCOC. The van der Waals surface area contributed by atoms with Crippen molar-refractivity contribution in [3.05, 3.63) is 0 Å². The molecule has 0 fully saturated rings. The number of hydrogen-bond donors (Lipinski definition) is 1. The van der Waals surface area contributed by atoms with E-state index in [1.165, 1.54) is 6.42 Å². The molecule has 98 valence electrons. The highest BCUT2D eigenvalue weighted by molar-refractivity contribution is 4.55. The summed E-state index contributed by atoms with van der Waals surface area (Å²) in [5, 5.41) is 3.34. The lowest BCUT2D eigenvalue weighted by Crippen LogP contribution is -2.31. The van der Waals surface area contributed by atoms with Gasteiger partial charge in [-0.05, 0) is 33.4 Å². The molecule has 0 saturated heterocycles. The Balaban J connectivity index is 3.09. The average Bonchev–Trinajstić information content (AvgIpc) is 2.28. The highest BCUT2D eigenvalue weighted by Crippen LogP contribution is 1.93. The van der Waals surface area contributed by atoms with Crippen LogP contribution in [0.1, 0.15) is 19.8 Å². The van der Waals surface area contributed by atoms with E-state index < -0.39 is 0 Å². The Kier molecular flexibility index (Phi) is 12.8. The van der Waals surface area contributed by atoms with Gasteiger partial charge < -0.3 is 19.7 Å². The predicted octanol–water partition coefficient (Wildman–Crippen LogP) is 0.971. The fraction of sp³-hybridized carbons (Fsp3) is 1.00. The van der Waals surface area contributed by atoms with Crippen molar-refractivity contribution in [2.75, 3.05) is 60.2 Å². The topological polar surface area (TPSA) is 33.7 Å². The maximum absolute atomic E-state index is 5.30. The fourth-order valence-electron chi connectivity index (χ4n) is 1.41. The lowest BCUT2D eigenvalue weighted by Gasteiger charge is -2.16. The molecular weight excluding hydrogens is 204 g/mol. The quantitative estimate of drug-likeness (QED) is 0.508. The molecule has 0 aromatic rings. The van der Waals surface area contributed by atoms with Crippen LogP contribution in [0, 0.1) is 0 Å². The monoisotopic (exact) mass is 232 g/mol. The molecule has 0 radical (unpaired) electrons. The van der Waals surface area contributed by atoms with E-state index in [0.717, 1.165) is 52.4 Å². The number of ether oxygens (including phenoxy) is 2. The molecule has 1 N–H and O–H groups in total. The maximum atomic E-state index is 5.30.